The van der Waals surface area contributed by atoms with Crippen molar-refractivity contribution in [1.29, 1.82) is 0 Å². The van der Waals surface area contributed by atoms with E-state index >= 15 is 0 Å². The highest BCUT2D eigenvalue weighted by molar-refractivity contribution is 7.07. The topological polar surface area (TPSA) is 39.2 Å². The van der Waals surface area contributed by atoms with Gasteiger partial charge in [0.2, 0.25) is 5.88 Å². The maximum Gasteiger partial charge on any atom is 0.225 e. The van der Waals surface area contributed by atoms with Crippen LogP contribution in [-0.4, -0.2) is 17.3 Å². The first kappa shape index (κ1) is 8.44. The molecule has 0 bridgehead atoms. The molecule has 0 saturated heterocycles. The summed E-state index contributed by atoms with van der Waals surface area (Å²) in [7, 11) is 1.59. The van der Waals surface area contributed by atoms with Gasteiger partial charge in [-0.25, -0.2) is 0 Å². The van der Waals surface area contributed by atoms with Crippen molar-refractivity contribution < 1.29 is 9.53 Å². The number of hydrogen-bond donors (Lipinski definition) is 0. The van der Waals surface area contributed by atoms with Gasteiger partial charge in [-0.15, -0.1) is 0 Å². The largest absolute Gasteiger partial charge is 0.480 e. The van der Waals surface area contributed by atoms with Crippen molar-refractivity contribution >= 4 is 22.9 Å². The maximum atomic E-state index is 11.0. The van der Waals surface area contributed by atoms with E-state index in [1.807, 2.05) is 6.07 Å². The molecule has 0 atom stereocenters. The molecule has 1 aliphatic rings. The van der Waals surface area contributed by atoms with Crippen LogP contribution in [0, 0.1) is 0 Å². The van der Waals surface area contributed by atoms with Crippen LogP contribution in [0.3, 0.4) is 0 Å². The summed E-state index contributed by atoms with van der Waals surface area (Å²) in [6.07, 6.45) is 3.17. The number of hydrogen-bond acceptors (Lipinski definition) is 4. The van der Waals surface area contributed by atoms with E-state index in [9.17, 15) is 4.79 Å². The predicted octanol–water partition coefficient (Wildman–Crippen LogP) is 1.90. The van der Waals surface area contributed by atoms with Gasteiger partial charge in [0.25, 0.3) is 0 Å². The molecule has 0 saturated carbocycles. The minimum Gasteiger partial charge on any atom is -0.480 e. The Morgan fingerprint density at radius 1 is 1.54 bits per heavy atom. The molecule has 1 aliphatic carbocycles. The number of carbonyl (C=O) groups is 1. The minimum absolute atomic E-state index is 0.211. The molecule has 1 heterocycles. The fraction of sp³-hybridized carbons (Fsp3) is 0.333. The van der Waals surface area contributed by atoms with Crippen molar-refractivity contribution in [3.05, 3.63) is 17.0 Å². The average molecular weight is 195 g/mol. The molecule has 13 heavy (non-hydrogen) atoms. The molecule has 4 heteroatoms. The number of ether oxygens (including phenoxy) is 1. The summed E-state index contributed by atoms with van der Waals surface area (Å²) in [5.41, 5.74) is 1.09. The lowest BCUT2D eigenvalue weighted by Gasteiger charge is -1.91. The average Bonchev–Trinajstić information content (AvgIpc) is 2.71. The van der Waals surface area contributed by atoms with Crippen LogP contribution in [0.5, 0.6) is 5.88 Å². The molecular formula is C9H9NO2S. The molecule has 0 unspecified atom stereocenters. The lowest BCUT2D eigenvalue weighted by atomic mass is 10.2. The van der Waals surface area contributed by atoms with Gasteiger partial charge in [0, 0.05) is 12.5 Å². The summed E-state index contributed by atoms with van der Waals surface area (Å²) >= 11 is 1.38. The van der Waals surface area contributed by atoms with Crippen LogP contribution in [0.15, 0.2) is 12.1 Å². The van der Waals surface area contributed by atoms with Crippen LogP contribution in [0.1, 0.15) is 17.7 Å². The van der Waals surface area contributed by atoms with Gasteiger partial charge in [0.1, 0.15) is 0 Å². The molecule has 0 radical (unpaired) electrons. The number of rotatable bonds is 2. The summed E-state index contributed by atoms with van der Waals surface area (Å²) in [6.45, 7) is 0. The number of nitrogens with zero attached hydrogens (tertiary/aromatic N) is 1. The smallest absolute Gasteiger partial charge is 0.225 e. The Morgan fingerprint density at radius 3 is 2.92 bits per heavy atom. The number of carbonyl (C=O) groups excluding carboxylic acids is 1. The molecule has 2 rings (SSSR count). The third-order valence-electron chi connectivity index (χ3n) is 1.99. The van der Waals surface area contributed by atoms with Gasteiger partial charge in [-0.3, -0.25) is 4.79 Å². The Kier molecular flexibility index (Phi) is 2.14. The van der Waals surface area contributed by atoms with Crippen molar-refractivity contribution in [3.63, 3.8) is 0 Å². The normalized spacial score (nSPS) is 16.1. The van der Waals surface area contributed by atoms with E-state index in [0.29, 0.717) is 12.3 Å². The Morgan fingerprint density at radius 2 is 2.38 bits per heavy atom. The fourth-order valence-corrected chi connectivity index (χ4v) is 2.04. The summed E-state index contributed by atoms with van der Waals surface area (Å²) in [4.78, 5) is 12.0. The van der Waals surface area contributed by atoms with Gasteiger partial charge in [-0.05, 0) is 29.6 Å². The van der Waals surface area contributed by atoms with Gasteiger partial charge in [-0.2, -0.15) is 4.37 Å². The zero-order valence-corrected chi connectivity index (χ0v) is 8.06. The standard InChI is InChI=1S/C9H9NO2S/c1-12-9-5-8(13-10-9)6-2-3-7(11)4-6/h4-5H,2-3H2,1H3. The van der Waals surface area contributed by atoms with Crippen molar-refractivity contribution in [2.75, 3.05) is 7.11 Å². The monoisotopic (exact) mass is 195 g/mol. The number of aromatic nitrogens is 1. The molecule has 0 fully saturated rings. The zero-order chi connectivity index (χ0) is 9.26. The molecule has 1 aromatic heterocycles. The molecule has 0 N–H and O–H groups in total. The molecule has 0 spiro atoms. The van der Waals surface area contributed by atoms with E-state index in [1.54, 1.807) is 13.2 Å². The fourth-order valence-electron chi connectivity index (χ4n) is 1.30. The van der Waals surface area contributed by atoms with Crippen LogP contribution in [0.2, 0.25) is 0 Å². The highest BCUT2D eigenvalue weighted by Gasteiger charge is 2.15. The maximum absolute atomic E-state index is 11.0. The minimum atomic E-state index is 0.211. The SMILES string of the molecule is COc1cc(C2=CC(=O)CC2)sn1. The van der Waals surface area contributed by atoms with Crippen molar-refractivity contribution in [2.24, 2.45) is 0 Å². The van der Waals surface area contributed by atoms with E-state index in [4.69, 9.17) is 4.74 Å². The van der Waals surface area contributed by atoms with Crippen LogP contribution < -0.4 is 4.74 Å². The molecule has 3 nitrogen and oxygen atoms in total. The molecule has 68 valence electrons. The summed E-state index contributed by atoms with van der Waals surface area (Å²) < 4.78 is 9.04. The number of methoxy groups -OCH3 is 1. The van der Waals surface area contributed by atoms with Crippen molar-refractivity contribution in [2.45, 2.75) is 12.8 Å². The lowest BCUT2D eigenvalue weighted by Crippen LogP contribution is -1.80. The van der Waals surface area contributed by atoms with E-state index in [2.05, 4.69) is 4.37 Å². The van der Waals surface area contributed by atoms with E-state index in [0.717, 1.165) is 16.9 Å². The van der Waals surface area contributed by atoms with Crippen molar-refractivity contribution in [1.82, 2.24) is 4.37 Å². The molecule has 0 aromatic carbocycles. The summed E-state index contributed by atoms with van der Waals surface area (Å²) in [6, 6.07) is 1.87. The van der Waals surface area contributed by atoms with E-state index < -0.39 is 0 Å². The quantitative estimate of drug-likeness (QED) is 0.723. The highest BCUT2D eigenvalue weighted by Crippen LogP contribution is 2.30. The van der Waals surface area contributed by atoms with Crippen LogP contribution >= 0.6 is 11.5 Å². The van der Waals surface area contributed by atoms with Crippen LogP contribution in [0.25, 0.3) is 5.57 Å². The zero-order valence-electron chi connectivity index (χ0n) is 7.24. The second-order valence-corrected chi connectivity index (χ2v) is 3.67. The van der Waals surface area contributed by atoms with Gasteiger partial charge in [0.05, 0.1) is 12.0 Å². The van der Waals surface area contributed by atoms with Gasteiger partial charge in [0.15, 0.2) is 5.78 Å². The molecular weight excluding hydrogens is 186 g/mol. The first-order valence-electron chi connectivity index (χ1n) is 4.04. The van der Waals surface area contributed by atoms with Gasteiger partial charge < -0.3 is 4.74 Å². The Balaban J connectivity index is 2.26. The Bertz CT molecular complexity index is 367. The summed E-state index contributed by atoms with van der Waals surface area (Å²) in [5.74, 6) is 0.836. The van der Waals surface area contributed by atoms with E-state index in [1.165, 1.54) is 11.5 Å². The first-order valence-corrected chi connectivity index (χ1v) is 4.81. The van der Waals surface area contributed by atoms with E-state index in [-0.39, 0.29) is 5.78 Å². The Hall–Kier alpha value is -1.16. The lowest BCUT2D eigenvalue weighted by molar-refractivity contribution is -0.114. The second-order valence-electron chi connectivity index (χ2n) is 2.87. The second kappa shape index (κ2) is 3.30. The highest BCUT2D eigenvalue weighted by atomic mass is 32.1. The van der Waals surface area contributed by atoms with Gasteiger partial charge in [-0.1, -0.05) is 0 Å². The number of ketones is 1. The molecule has 1 aromatic rings. The first-order chi connectivity index (χ1) is 6.29. The third-order valence-corrected chi connectivity index (χ3v) is 2.84. The Labute approximate surface area is 80.2 Å². The van der Waals surface area contributed by atoms with Gasteiger partial charge >= 0.3 is 0 Å². The van der Waals surface area contributed by atoms with Crippen LogP contribution in [0.4, 0.5) is 0 Å². The summed E-state index contributed by atoms with van der Waals surface area (Å²) in [5, 5.41) is 0. The third kappa shape index (κ3) is 1.62. The van der Waals surface area contributed by atoms with Crippen molar-refractivity contribution in [3.8, 4) is 5.88 Å². The number of allylic oxidation sites excluding steroid dienone is 2. The predicted molar refractivity (Wildman–Crippen MR) is 50.9 cm³/mol. The molecule has 0 amide bonds. The van der Waals surface area contributed by atoms with Crippen LogP contribution in [-0.2, 0) is 4.79 Å². The molecule has 0 aliphatic heterocycles.